The lowest BCUT2D eigenvalue weighted by atomic mass is 10.1. The lowest BCUT2D eigenvalue weighted by Gasteiger charge is -2.34. The molecule has 0 aliphatic carbocycles. The third kappa shape index (κ3) is 8.93. The largest absolute Gasteiger partial charge is 0.387 e. The number of nitrogens with one attached hydrogen (secondary N) is 2. The summed E-state index contributed by atoms with van der Waals surface area (Å²) in [6.45, 7) is 9.52. The molecule has 1 unspecified atom stereocenters. The summed E-state index contributed by atoms with van der Waals surface area (Å²) in [5.74, 6) is 0.718. The van der Waals surface area contributed by atoms with Gasteiger partial charge in [-0.1, -0.05) is 12.1 Å². The third-order valence-corrected chi connectivity index (χ3v) is 4.50. The smallest absolute Gasteiger partial charge is 0.191 e. The van der Waals surface area contributed by atoms with Gasteiger partial charge >= 0.3 is 0 Å². The highest BCUT2D eigenvalue weighted by Crippen LogP contribution is 2.14. The highest BCUT2D eigenvalue weighted by atomic mass is 127. The highest BCUT2D eigenvalue weighted by molar-refractivity contribution is 14.0. The first-order chi connectivity index (χ1) is 12.9. The minimum atomic E-state index is -0.835. The Hall–Kier alpha value is -1.10. The van der Waals surface area contributed by atoms with Gasteiger partial charge < -0.3 is 25.4 Å². The monoisotopic (exact) mass is 505 g/mol. The lowest BCUT2D eigenvalue weighted by Crippen LogP contribution is -2.52. The highest BCUT2D eigenvalue weighted by Gasteiger charge is 2.25. The van der Waals surface area contributed by atoms with E-state index in [-0.39, 0.29) is 24.0 Å². The molecule has 160 valence electrons. The molecule has 1 atom stereocenters. The summed E-state index contributed by atoms with van der Waals surface area (Å²) in [4.78, 5) is 8.99. The summed E-state index contributed by atoms with van der Waals surface area (Å²) < 4.78 is 5.37. The summed E-state index contributed by atoms with van der Waals surface area (Å²) in [6, 6.07) is 8.35. The van der Waals surface area contributed by atoms with Crippen molar-refractivity contribution in [2.24, 2.45) is 4.99 Å². The topological polar surface area (TPSA) is 72.4 Å². The zero-order valence-corrected chi connectivity index (χ0v) is 19.9. The zero-order chi connectivity index (χ0) is 19.7. The number of aliphatic hydroxyl groups is 1. The van der Waals surface area contributed by atoms with Crippen LogP contribution in [0.2, 0.25) is 0 Å². The number of rotatable bonds is 8. The normalized spacial score (nSPS) is 17.4. The van der Waals surface area contributed by atoms with E-state index >= 15 is 0 Å². The van der Waals surface area contributed by atoms with Gasteiger partial charge in [0, 0.05) is 52.5 Å². The molecule has 3 N–H and O–H groups in total. The number of aliphatic imine (C=N–C) groups is 1. The van der Waals surface area contributed by atoms with Crippen LogP contribution >= 0.6 is 24.0 Å². The molecule has 8 heteroatoms. The molecule has 1 aromatic carbocycles. The Morgan fingerprint density at radius 2 is 2.00 bits per heavy atom. The quantitative estimate of drug-likeness (QED) is 0.283. The number of guanidine groups is 1. The average molecular weight is 505 g/mol. The molecule has 7 nitrogen and oxygen atoms in total. The molecule has 1 heterocycles. The van der Waals surface area contributed by atoms with Crippen molar-refractivity contribution in [2.75, 3.05) is 64.9 Å². The summed E-state index contributed by atoms with van der Waals surface area (Å²) in [6.07, 6.45) is 0. The molecule has 1 aromatic rings. The van der Waals surface area contributed by atoms with Crippen LogP contribution in [0.15, 0.2) is 29.3 Å². The number of anilines is 1. The summed E-state index contributed by atoms with van der Waals surface area (Å²) in [5, 5.41) is 17.3. The van der Waals surface area contributed by atoms with Crippen LogP contribution < -0.4 is 15.5 Å². The Kier molecular flexibility index (Phi) is 11.1. The first-order valence-corrected chi connectivity index (χ1v) is 9.70. The van der Waals surface area contributed by atoms with E-state index in [2.05, 4.69) is 43.6 Å². The molecule has 1 aliphatic heterocycles. The second kappa shape index (κ2) is 12.5. The van der Waals surface area contributed by atoms with Gasteiger partial charge in [-0.05, 0) is 31.5 Å². The Morgan fingerprint density at radius 1 is 1.29 bits per heavy atom. The van der Waals surface area contributed by atoms with E-state index in [1.807, 2.05) is 34.0 Å². The first kappa shape index (κ1) is 24.9. The molecule has 1 fully saturated rings. The predicted molar refractivity (Wildman–Crippen MR) is 127 cm³/mol. The number of halogens is 1. The molecular weight excluding hydrogens is 469 g/mol. The number of nitrogens with zero attached hydrogens (tertiary/aromatic N) is 3. The standard InChI is InChI=1S/C20H35N5O2.HI/c1-5-21-19(22-14-17-7-6-8-18(13-17)24(3)4)23-15-20(2,26)16-25-9-11-27-12-10-25;/h6-8,13,26H,5,9-12,14-16H2,1-4H3,(H2,21,22,23);1H. The summed E-state index contributed by atoms with van der Waals surface area (Å²) in [7, 11) is 4.06. The van der Waals surface area contributed by atoms with Crippen molar-refractivity contribution in [3.63, 3.8) is 0 Å². The van der Waals surface area contributed by atoms with Crippen LogP contribution in [-0.2, 0) is 11.3 Å². The zero-order valence-electron chi connectivity index (χ0n) is 17.6. The molecule has 0 spiro atoms. The molecule has 0 radical (unpaired) electrons. The molecule has 28 heavy (non-hydrogen) atoms. The minimum absolute atomic E-state index is 0. The predicted octanol–water partition coefficient (Wildman–Crippen LogP) is 1.51. The lowest BCUT2D eigenvalue weighted by molar-refractivity contribution is -0.0201. The fourth-order valence-electron chi connectivity index (χ4n) is 3.02. The van der Waals surface area contributed by atoms with Gasteiger partial charge in [0.15, 0.2) is 5.96 Å². The second-order valence-electron chi connectivity index (χ2n) is 7.50. The van der Waals surface area contributed by atoms with Gasteiger partial charge in [-0.3, -0.25) is 4.90 Å². The minimum Gasteiger partial charge on any atom is -0.387 e. The van der Waals surface area contributed by atoms with Crippen LogP contribution in [0, 0.1) is 0 Å². The maximum absolute atomic E-state index is 10.7. The molecule has 0 saturated carbocycles. The number of morpholine rings is 1. The van der Waals surface area contributed by atoms with Crippen LogP contribution in [0.3, 0.4) is 0 Å². The van der Waals surface area contributed by atoms with Crippen molar-refractivity contribution in [1.29, 1.82) is 0 Å². The van der Waals surface area contributed by atoms with Crippen molar-refractivity contribution < 1.29 is 9.84 Å². The Morgan fingerprint density at radius 3 is 2.64 bits per heavy atom. The van der Waals surface area contributed by atoms with Crippen molar-refractivity contribution in [3.8, 4) is 0 Å². The fraction of sp³-hybridized carbons (Fsp3) is 0.650. The van der Waals surface area contributed by atoms with E-state index in [0.29, 0.717) is 19.6 Å². The van der Waals surface area contributed by atoms with Gasteiger partial charge in [-0.15, -0.1) is 24.0 Å². The van der Waals surface area contributed by atoms with Gasteiger partial charge in [-0.2, -0.15) is 0 Å². The fourth-order valence-corrected chi connectivity index (χ4v) is 3.02. The van der Waals surface area contributed by atoms with Gasteiger partial charge in [0.1, 0.15) is 0 Å². The van der Waals surface area contributed by atoms with Gasteiger partial charge in [0.2, 0.25) is 0 Å². The molecule has 0 aromatic heterocycles. The van der Waals surface area contributed by atoms with Crippen molar-refractivity contribution in [1.82, 2.24) is 15.5 Å². The van der Waals surface area contributed by atoms with Crippen LogP contribution in [0.1, 0.15) is 19.4 Å². The number of hydrogen-bond acceptors (Lipinski definition) is 5. The van der Waals surface area contributed by atoms with E-state index in [9.17, 15) is 5.11 Å². The molecule has 1 saturated heterocycles. The van der Waals surface area contributed by atoms with Crippen LogP contribution in [-0.4, -0.2) is 81.6 Å². The van der Waals surface area contributed by atoms with Crippen molar-refractivity contribution in [3.05, 3.63) is 29.8 Å². The summed E-state index contributed by atoms with van der Waals surface area (Å²) in [5.41, 5.74) is 1.48. The summed E-state index contributed by atoms with van der Waals surface area (Å²) >= 11 is 0. The molecule has 0 bridgehead atoms. The van der Waals surface area contributed by atoms with Crippen LogP contribution in [0.5, 0.6) is 0 Å². The number of β-amino-alcohol motifs (C(OH)–C–C–N with tert-alkyl or cyclic N) is 1. The maximum Gasteiger partial charge on any atom is 0.191 e. The number of hydrogen-bond donors (Lipinski definition) is 3. The van der Waals surface area contributed by atoms with Crippen LogP contribution in [0.25, 0.3) is 0 Å². The maximum atomic E-state index is 10.7. The van der Waals surface area contributed by atoms with Gasteiger partial charge in [0.25, 0.3) is 0 Å². The third-order valence-electron chi connectivity index (χ3n) is 4.50. The van der Waals surface area contributed by atoms with Crippen LogP contribution in [0.4, 0.5) is 5.69 Å². The van der Waals surface area contributed by atoms with E-state index in [1.165, 1.54) is 0 Å². The molecule has 2 rings (SSSR count). The number of benzene rings is 1. The molecule has 0 amide bonds. The molecule has 1 aliphatic rings. The van der Waals surface area contributed by atoms with E-state index in [1.54, 1.807) is 0 Å². The van der Waals surface area contributed by atoms with E-state index in [0.717, 1.165) is 50.1 Å². The van der Waals surface area contributed by atoms with Crippen molar-refractivity contribution in [2.45, 2.75) is 26.0 Å². The Bertz CT molecular complexity index is 604. The first-order valence-electron chi connectivity index (χ1n) is 9.70. The average Bonchev–Trinajstić information content (AvgIpc) is 2.64. The van der Waals surface area contributed by atoms with E-state index in [4.69, 9.17) is 4.74 Å². The van der Waals surface area contributed by atoms with Gasteiger partial charge in [-0.25, -0.2) is 4.99 Å². The Labute approximate surface area is 186 Å². The van der Waals surface area contributed by atoms with E-state index < -0.39 is 5.60 Å². The number of ether oxygens (including phenoxy) is 1. The molecular formula is C20H36IN5O2. The SMILES string of the molecule is CCNC(=NCc1cccc(N(C)C)c1)NCC(C)(O)CN1CCOCC1.I. The Balaban J connectivity index is 0.00000392. The van der Waals surface area contributed by atoms with Gasteiger partial charge in [0.05, 0.1) is 25.4 Å². The second-order valence-corrected chi connectivity index (χ2v) is 7.50. The van der Waals surface area contributed by atoms with Crippen molar-refractivity contribution >= 4 is 35.6 Å².